The predicted octanol–water partition coefficient (Wildman–Crippen LogP) is 4.10. The fourth-order valence-corrected chi connectivity index (χ4v) is 2.37. The van der Waals surface area contributed by atoms with E-state index in [1.54, 1.807) is 6.07 Å². The van der Waals surface area contributed by atoms with E-state index in [0.717, 1.165) is 16.7 Å². The molecule has 0 amide bonds. The molecular formula is C17H14FN. The van der Waals surface area contributed by atoms with Crippen LogP contribution >= 0.6 is 0 Å². The molecule has 0 fully saturated rings. The van der Waals surface area contributed by atoms with Crippen LogP contribution in [-0.2, 0) is 6.54 Å². The lowest BCUT2D eigenvalue weighted by Gasteiger charge is -2.09. The van der Waals surface area contributed by atoms with Gasteiger partial charge in [0.1, 0.15) is 5.82 Å². The molecule has 0 aliphatic rings. The summed E-state index contributed by atoms with van der Waals surface area (Å²) < 4.78 is 13.2. The van der Waals surface area contributed by atoms with Crippen LogP contribution in [0.3, 0.4) is 0 Å². The van der Waals surface area contributed by atoms with Crippen LogP contribution in [0.4, 0.5) is 4.39 Å². The first-order valence-corrected chi connectivity index (χ1v) is 6.25. The Morgan fingerprint density at radius 2 is 1.63 bits per heavy atom. The van der Waals surface area contributed by atoms with Crippen LogP contribution in [0, 0.1) is 5.82 Å². The van der Waals surface area contributed by atoms with Crippen LogP contribution in [0.5, 0.6) is 0 Å². The molecule has 94 valence electrons. The maximum Gasteiger partial charge on any atom is 0.123 e. The van der Waals surface area contributed by atoms with Gasteiger partial charge < -0.3 is 5.73 Å². The van der Waals surface area contributed by atoms with Crippen LogP contribution in [-0.4, -0.2) is 0 Å². The predicted molar refractivity (Wildman–Crippen MR) is 77.2 cm³/mol. The Kier molecular flexibility index (Phi) is 3.02. The van der Waals surface area contributed by atoms with Crippen molar-refractivity contribution in [2.75, 3.05) is 0 Å². The highest BCUT2D eigenvalue weighted by molar-refractivity contribution is 5.87. The minimum atomic E-state index is -0.245. The first-order chi connectivity index (χ1) is 9.28. The number of halogens is 1. The molecule has 2 N–H and O–H groups in total. The molecule has 19 heavy (non-hydrogen) atoms. The van der Waals surface area contributed by atoms with Crippen molar-refractivity contribution in [1.82, 2.24) is 0 Å². The molecule has 0 atom stereocenters. The fraction of sp³-hybridized carbons (Fsp3) is 0.0588. The second-order valence-electron chi connectivity index (χ2n) is 4.57. The topological polar surface area (TPSA) is 26.0 Å². The second kappa shape index (κ2) is 4.82. The van der Waals surface area contributed by atoms with E-state index in [9.17, 15) is 4.39 Å². The molecule has 1 nitrogen and oxygen atoms in total. The molecule has 2 heteroatoms. The van der Waals surface area contributed by atoms with E-state index in [2.05, 4.69) is 30.3 Å². The Morgan fingerprint density at radius 3 is 2.42 bits per heavy atom. The molecular weight excluding hydrogens is 237 g/mol. The number of fused-ring (bicyclic) bond motifs is 1. The van der Waals surface area contributed by atoms with Crippen LogP contribution in [0.2, 0.25) is 0 Å². The number of nitrogens with two attached hydrogens (primary N) is 1. The molecule has 0 aliphatic carbocycles. The van der Waals surface area contributed by atoms with Gasteiger partial charge in [0.25, 0.3) is 0 Å². The van der Waals surface area contributed by atoms with Gasteiger partial charge in [-0.3, -0.25) is 0 Å². The SMILES string of the molecule is NCc1cc(F)ccc1-c1ccc2ccccc2c1. The third-order valence-corrected chi connectivity index (χ3v) is 3.35. The van der Waals surface area contributed by atoms with E-state index in [4.69, 9.17) is 5.73 Å². The van der Waals surface area contributed by atoms with Crippen molar-refractivity contribution >= 4 is 10.8 Å². The van der Waals surface area contributed by atoms with Crippen molar-refractivity contribution in [3.63, 3.8) is 0 Å². The third-order valence-electron chi connectivity index (χ3n) is 3.35. The van der Waals surface area contributed by atoms with Gasteiger partial charge in [-0.2, -0.15) is 0 Å². The van der Waals surface area contributed by atoms with E-state index >= 15 is 0 Å². The van der Waals surface area contributed by atoms with Crippen molar-refractivity contribution in [3.05, 3.63) is 72.0 Å². The zero-order chi connectivity index (χ0) is 13.2. The zero-order valence-electron chi connectivity index (χ0n) is 10.4. The summed E-state index contributed by atoms with van der Waals surface area (Å²) in [5.74, 6) is -0.245. The van der Waals surface area contributed by atoms with Crippen molar-refractivity contribution in [2.45, 2.75) is 6.54 Å². The lowest BCUT2D eigenvalue weighted by atomic mass is 9.97. The number of hydrogen-bond acceptors (Lipinski definition) is 1. The van der Waals surface area contributed by atoms with Crippen molar-refractivity contribution < 1.29 is 4.39 Å². The smallest absolute Gasteiger partial charge is 0.123 e. The first kappa shape index (κ1) is 11.9. The van der Waals surface area contributed by atoms with E-state index in [1.165, 1.54) is 22.9 Å². The molecule has 3 aromatic rings. The monoisotopic (exact) mass is 251 g/mol. The van der Waals surface area contributed by atoms with Crippen LogP contribution in [0.25, 0.3) is 21.9 Å². The molecule has 3 aromatic carbocycles. The van der Waals surface area contributed by atoms with Crippen LogP contribution in [0.15, 0.2) is 60.7 Å². The number of benzene rings is 3. The molecule has 0 saturated heterocycles. The quantitative estimate of drug-likeness (QED) is 0.729. The fourth-order valence-electron chi connectivity index (χ4n) is 2.37. The standard InChI is InChI=1S/C17H14FN/c18-16-7-8-17(15(10-16)11-19)14-6-5-12-3-1-2-4-13(12)9-14/h1-10H,11,19H2. The lowest BCUT2D eigenvalue weighted by molar-refractivity contribution is 0.625. The molecule has 0 aromatic heterocycles. The normalized spacial score (nSPS) is 10.8. The Balaban J connectivity index is 2.18. The maximum absolute atomic E-state index is 13.2. The van der Waals surface area contributed by atoms with Gasteiger partial charge in [0.2, 0.25) is 0 Å². The summed E-state index contributed by atoms with van der Waals surface area (Å²) in [6, 6.07) is 19.2. The van der Waals surface area contributed by atoms with Gasteiger partial charge in [0.05, 0.1) is 0 Å². The average molecular weight is 251 g/mol. The highest BCUT2D eigenvalue weighted by Crippen LogP contribution is 2.27. The molecule has 0 radical (unpaired) electrons. The molecule has 0 heterocycles. The highest BCUT2D eigenvalue weighted by Gasteiger charge is 2.06. The Labute approximate surface area is 111 Å². The lowest BCUT2D eigenvalue weighted by Crippen LogP contribution is -1.99. The number of rotatable bonds is 2. The van der Waals surface area contributed by atoms with Crippen molar-refractivity contribution in [3.8, 4) is 11.1 Å². The van der Waals surface area contributed by atoms with Gasteiger partial charge in [-0.25, -0.2) is 4.39 Å². The average Bonchev–Trinajstić information content (AvgIpc) is 2.46. The van der Waals surface area contributed by atoms with Crippen LogP contribution < -0.4 is 5.73 Å². The van der Waals surface area contributed by atoms with Gasteiger partial charge in [-0.05, 0) is 45.7 Å². The molecule has 0 saturated carbocycles. The van der Waals surface area contributed by atoms with E-state index in [0.29, 0.717) is 6.54 Å². The van der Waals surface area contributed by atoms with Gasteiger partial charge in [-0.15, -0.1) is 0 Å². The minimum absolute atomic E-state index is 0.245. The summed E-state index contributed by atoms with van der Waals surface area (Å²) in [5.41, 5.74) is 8.60. The largest absolute Gasteiger partial charge is 0.326 e. The summed E-state index contributed by atoms with van der Waals surface area (Å²) in [6.45, 7) is 0.333. The first-order valence-electron chi connectivity index (χ1n) is 6.25. The highest BCUT2D eigenvalue weighted by atomic mass is 19.1. The molecule has 0 spiro atoms. The van der Waals surface area contributed by atoms with Gasteiger partial charge >= 0.3 is 0 Å². The van der Waals surface area contributed by atoms with E-state index in [1.807, 2.05) is 12.1 Å². The Hall–Kier alpha value is -2.19. The molecule has 0 aliphatic heterocycles. The molecule has 0 bridgehead atoms. The van der Waals surface area contributed by atoms with Crippen LogP contribution in [0.1, 0.15) is 5.56 Å². The summed E-state index contributed by atoms with van der Waals surface area (Å²) in [5, 5.41) is 2.37. The van der Waals surface area contributed by atoms with Gasteiger partial charge in [0, 0.05) is 6.54 Å². The molecule has 3 rings (SSSR count). The summed E-state index contributed by atoms with van der Waals surface area (Å²) in [4.78, 5) is 0. The summed E-state index contributed by atoms with van der Waals surface area (Å²) >= 11 is 0. The Bertz CT molecular complexity index is 734. The minimum Gasteiger partial charge on any atom is -0.326 e. The second-order valence-corrected chi connectivity index (χ2v) is 4.57. The zero-order valence-corrected chi connectivity index (χ0v) is 10.4. The third kappa shape index (κ3) is 2.23. The number of hydrogen-bond donors (Lipinski definition) is 1. The van der Waals surface area contributed by atoms with E-state index < -0.39 is 0 Å². The summed E-state index contributed by atoms with van der Waals surface area (Å²) in [6.07, 6.45) is 0. The van der Waals surface area contributed by atoms with E-state index in [-0.39, 0.29) is 5.82 Å². The summed E-state index contributed by atoms with van der Waals surface area (Å²) in [7, 11) is 0. The van der Waals surface area contributed by atoms with Crippen molar-refractivity contribution in [1.29, 1.82) is 0 Å². The maximum atomic E-state index is 13.2. The van der Waals surface area contributed by atoms with Gasteiger partial charge in [0.15, 0.2) is 0 Å². The van der Waals surface area contributed by atoms with Gasteiger partial charge in [-0.1, -0.05) is 42.5 Å². The Morgan fingerprint density at radius 1 is 0.842 bits per heavy atom. The van der Waals surface area contributed by atoms with Crippen molar-refractivity contribution in [2.24, 2.45) is 5.73 Å². The molecule has 0 unspecified atom stereocenters.